The van der Waals surface area contributed by atoms with Crippen molar-refractivity contribution in [2.24, 2.45) is 11.5 Å². The highest BCUT2D eigenvalue weighted by atomic mass is 16.5. The van der Waals surface area contributed by atoms with Gasteiger partial charge in [-0.2, -0.15) is 0 Å². The van der Waals surface area contributed by atoms with Gasteiger partial charge in [0.2, 0.25) is 0 Å². The van der Waals surface area contributed by atoms with Crippen LogP contribution >= 0.6 is 0 Å². The first-order valence-electron chi connectivity index (χ1n) is 5.82. The first-order chi connectivity index (χ1) is 7.60. The van der Waals surface area contributed by atoms with Crippen LogP contribution in [0.2, 0.25) is 0 Å². The van der Waals surface area contributed by atoms with Crippen molar-refractivity contribution in [3.05, 3.63) is 29.3 Å². The number of aryl methyl sites for hydroxylation is 1. The normalized spacial score (nSPS) is 19.2. The second kappa shape index (κ2) is 4.07. The Kier molecular flexibility index (Phi) is 2.91. The van der Waals surface area contributed by atoms with E-state index in [1.54, 1.807) is 7.11 Å². The van der Waals surface area contributed by atoms with Crippen LogP contribution in [0.3, 0.4) is 0 Å². The van der Waals surface area contributed by atoms with E-state index in [4.69, 9.17) is 16.2 Å². The summed E-state index contributed by atoms with van der Waals surface area (Å²) in [5, 5.41) is 0. The lowest BCUT2D eigenvalue weighted by Crippen LogP contribution is -2.36. The van der Waals surface area contributed by atoms with Gasteiger partial charge in [0.25, 0.3) is 0 Å². The minimum absolute atomic E-state index is 0.117. The van der Waals surface area contributed by atoms with Gasteiger partial charge in [0.15, 0.2) is 0 Å². The Balaban J connectivity index is 2.36. The van der Waals surface area contributed by atoms with Crippen molar-refractivity contribution >= 4 is 0 Å². The molecule has 2 rings (SSSR count). The van der Waals surface area contributed by atoms with Crippen molar-refractivity contribution in [3.63, 3.8) is 0 Å². The number of hydrogen-bond donors (Lipinski definition) is 2. The van der Waals surface area contributed by atoms with Crippen LogP contribution in [0.25, 0.3) is 0 Å². The lowest BCUT2D eigenvalue weighted by molar-refractivity contribution is 0.398. The zero-order chi connectivity index (χ0) is 11.8. The van der Waals surface area contributed by atoms with Gasteiger partial charge in [-0.05, 0) is 30.9 Å². The smallest absolute Gasteiger partial charge is 0.123 e. The van der Waals surface area contributed by atoms with E-state index in [1.165, 1.54) is 5.56 Å². The highest BCUT2D eigenvalue weighted by Gasteiger charge is 2.45. The van der Waals surface area contributed by atoms with Gasteiger partial charge in [-0.25, -0.2) is 0 Å². The maximum Gasteiger partial charge on any atom is 0.123 e. The molecule has 1 aromatic carbocycles. The first-order valence-corrected chi connectivity index (χ1v) is 5.82. The quantitative estimate of drug-likeness (QED) is 0.812. The zero-order valence-corrected chi connectivity index (χ0v) is 9.99. The SMILES string of the molecule is CCc1ccc(OC)c(C(N)C2(N)CC2)c1. The van der Waals surface area contributed by atoms with Gasteiger partial charge in [-0.3, -0.25) is 0 Å². The molecule has 0 saturated heterocycles. The fraction of sp³-hybridized carbons (Fsp3) is 0.538. The molecule has 3 nitrogen and oxygen atoms in total. The predicted octanol–water partition coefficient (Wildman–Crippen LogP) is 1.75. The average molecular weight is 220 g/mol. The number of nitrogens with two attached hydrogens (primary N) is 2. The molecule has 0 spiro atoms. The molecule has 1 aliphatic rings. The van der Waals surface area contributed by atoms with E-state index >= 15 is 0 Å². The third-order valence-corrected chi connectivity index (χ3v) is 3.48. The van der Waals surface area contributed by atoms with Gasteiger partial charge in [-0.1, -0.05) is 19.1 Å². The van der Waals surface area contributed by atoms with E-state index in [9.17, 15) is 0 Å². The van der Waals surface area contributed by atoms with Gasteiger partial charge in [0.05, 0.1) is 13.2 Å². The number of rotatable bonds is 4. The number of ether oxygens (including phenoxy) is 1. The molecule has 0 heterocycles. The van der Waals surface area contributed by atoms with Gasteiger partial charge < -0.3 is 16.2 Å². The van der Waals surface area contributed by atoms with Crippen LogP contribution in [0, 0.1) is 0 Å². The van der Waals surface area contributed by atoms with Crippen molar-refractivity contribution in [2.75, 3.05) is 7.11 Å². The monoisotopic (exact) mass is 220 g/mol. The molecule has 1 aliphatic carbocycles. The summed E-state index contributed by atoms with van der Waals surface area (Å²) in [6.07, 6.45) is 3.02. The minimum atomic E-state index is -0.209. The number of hydrogen-bond acceptors (Lipinski definition) is 3. The molecule has 1 aromatic rings. The molecule has 0 aromatic heterocycles. The van der Waals surface area contributed by atoms with Crippen LogP contribution in [0.4, 0.5) is 0 Å². The highest BCUT2D eigenvalue weighted by Crippen LogP contribution is 2.44. The van der Waals surface area contributed by atoms with E-state index in [2.05, 4.69) is 19.1 Å². The average Bonchev–Trinajstić information content (AvgIpc) is 3.06. The van der Waals surface area contributed by atoms with E-state index in [1.807, 2.05) is 6.07 Å². The lowest BCUT2D eigenvalue weighted by Gasteiger charge is -2.22. The van der Waals surface area contributed by atoms with Crippen LogP contribution in [0.15, 0.2) is 18.2 Å². The maximum atomic E-state index is 6.23. The first kappa shape index (κ1) is 11.4. The highest BCUT2D eigenvalue weighted by molar-refractivity contribution is 5.42. The fourth-order valence-corrected chi connectivity index (χ4v) is 2.01. The molecule has 0 amide bonds. The van der Waals surface area contributed by atoms with Crippen molar-refractivity contribution in [1.82, 2.24) is 0 Å². The van der Waals surface area contributed by atoms with Crippen LogP contribution in [-0.2, 0) is 6.42 Å². The van der Waals surface area contributed by atoms with Crippen LogP contribution in [0.5, 0.6) is 5.75 Å². The summed E-state index contributed by atoms with van der Waals surface area (Å²) < 4.78 is 5.35. The summed E-state index contributed by atoms with van der Waals surface area (Å²) in [5.41, 5.74) is 14.5. The molecule has 16 heavy (non-hydrogen) atoms. The molecular formula is C13H20N2O. The predicted molar refractivity (Wildman–Crippen MR) is 65.5 cm³/mol. The Labute approximate surface area is 96.8 Å². The summed E-state index contributed by atoms with van der Waals surface area (Å²) in [5.74, 6) is 0.849. The minimum Gasteiger partial charge on any atom is -0.496 e. The van der Waals surface area contributed by atoms with Gasteiger partial charge in [-0.15, -0.1) is 0 Å². The topological polar surface area (TPSA) is 61.3 Å². The van der Waals surface area contributed by atoms with E-state index in [0.29, 0.717) is 0 Å². The standard InChI is InChI=1S/C13H20N2O/c1-3-9-4-5-11(16-2)10(8-9)12(14)13(15)6-7-13/h4-5,8,12H,3,6-7,14-15H2,1-2H3. The molecule has 1 saturated carbocycles. The van der Waals surface area contributed by atoms with E-state index in [-0.39, 0.29) is 11.6 Å². The van der Waals surface area contributed by atoms with Gasteiger partial charge in [0.1, 0.15) is 5.75 Å². The molecule has 0 aliphatic heterocycles. The summed E-state index contributed by atoms with van der Waals surface area (Å²) in [6.45, 7) is 2.13. The molecule has 0 radical (unpaired) electrons. The summed E-state index contributed by atoms with van der Waals surface area (Å²) in [4.78, 5) is 0. The van der Waals surface area contributed by atoms with E-state index < -0.39 is 0 Å². The molecule has 88 valence electrons. The molecule has 1 atom stereocenters. The molecule has 0 bridgehead atoms. The Morgan fingerprint density at radius 2 is 2.12 bits per heavy atom. The second-order valence-corrected chi connectivity index (χ2v) is 4.64. The molecule has 1 unspecified atom stereocenters. The summed E-state index contributed by atoms with van der Waals surface area (Å²) in [7, 11) is 1.67. The largest absolute Gasteiger partial charge is 0.496 e. The Hall–Kier alpha value is -1.06. The summed E-state index contributed by atoms with van der Waals surface area (Å²) in [6, 6.07) is 6.07. The Bertz CT molecular complexity index is 386. The van der Waals surface area contributed by atoms with Crippen LogP contribution in [-0.4, -0.2) is 12.6 Å². The Morgan fingerprint density at radius 1 is 1.44 bits per heavy atom. The summed E-state index contributed by atoms with van der Waals surface area (Å²) >= 11 is 0. The second-order valence-electron chi connectivity index (χ2n) is 4.64. The van der Waals surface area contributed by atoms with E-state index in [0.717, 1.165) is 30.6 Å². The molecule has 3 heteroatoms. The zero-order valence-electron chi connectivity index (χ0n) is 9.99. The molecular weight excluding hydrogens is 200 g/mol. The molecule has 4 N–H and O–H groups in total. The lowest BCUT2D eigenvalue weighted by atomic mass is 9.95. The van der Waals surface area contributed by atoms with Crippen LogP contribution in [0.1, 0.15) is 36.9 Å². The maximum absolute atomic E-state index is 6.23. The van der Waals surface area contributed by atoms with Crippen molar-refractivity contribution in [1.29, 1.82) is 0 Å². The van der Waals surface area contributed by atoms with Gasteiger partial charge in [0, 0.05) is 11.1 Å². The number of methoxy groups -OCH3 is 1. The van der Waals surface area contributed by atoms with Crippen molar-refractivity contribution in [3.8, 4) is 5.75 Å². The van der Waals surface area contributed by atoms with Crippen molar-refractivity contribution in [2.45, 2.75) is 37.8 Å². The van der Waals surface area contributed by atoms with Crippen LogP contribution < -0.4 is 16.2 Å². The van der Waals surface area contributed by atoms with Crippen molar-refractivity contribution < 1.29 is 4.74 Å². The molecule has 1 fully saturated rings. The Morgan fingerprint density at radius 3 is 2.62 bits per heavy atom. The fourth-order valence-electron chi connectivity index (χ4n) is 2.01. The third kappa shape index (κ3) is 1.93. The van der Waals surface area contributed by atoms with Gasteiger partial charge >= 0.3 is 0 Å². The number of benzene rings is 1. The third-order valence-electron chi connectivity index (χ3n) is 3.48.